The molecule has 4 rings (SSSR count). The van der Waals surface area contributed by atoms with Crippen molar-refractivity contribution < 1.29 is 19.2 Å². The fourth-order valence-corrected chi connectivity index (χ4v) is 3.33. The molecule has 0 aliphatic rings. The van der Waals surface area contributed by atoms with Crippen LogP contribution in [0.4, 0.5) is 11.4 Å². The predicted molar refractivity (Wildman–Crippen MR) is 119 cm³/mol. The minimum Gasteiger partial charge on any atom is -0.493 e. The number of para-hydroxylation sites is 1. The van der Waals surface area contributed by atoms with Gasteiger partial charge in [-0.3, -0.25) is 19.9 Å². The molecule has 0 saturated heterocycles. The Hall–Kier alpha value is -4.53. The van der Waals surface area contributed by atoms with E-state index in [2.05, 4.69) is 15.3 Å². The molecule has 9 heteroatoms. The Bertz CT molecular complexity index is 1340. The highest BCUT2D eigenvalue weighted by atomic mass is 16.6. The summed E-state index contributed by atoms with van der Waals surface area (Å²) in [6.07, 6.45) is 2.47. The van der Waals surface area contributed by atoms with Crippen LogP contribution in [0.5, 0.6) is 11.5 Å². The molecular formula is C23H18N4O5. The van der Waals surface area contributed by atoms with Gasteiger partial charge < -0.3 is 14.8 Å². The Labute approximate surface area is 182 Å². The average molecular weight is 430 g/mol. The normalized spacial score (nSPS) is 10.6. The number of nitrogens with one attached hydrogen (secondary N) is 1. The van der Waals surface area contributed by atoms with E-state index in [0.717, 1.165) is 11.8 Å². The van der Waals surface area contributed by atoms with Gasteiger partial charge in [-0.2, -0.15) is 0 Å². The third-order valence-corrected chi connectivity index (χ3v) is 4.89. The molecule has 0 unspecified atom stereocenters. The van der Waals surface area contributed by atoms with Crippen molar-refractivity contribution in [1.29, 1.82) is 0 Å². The lowest BCUT2D eigenvalue weighted by Crippen LogP contribution is -2.14. The number of methoxy groups -OCH3 is 2. The first kappa shape index (κ1) is 20.7. The SMILES string of the molecule is COc1ccc(-c2cc(C(=O)Nc3ccncc3[N+](=O)[O-])c3ccccc3n2)cc1OC. The Balaban J connectivity index is 1.82. The van der Waals surface area contributed by atoms with Gasteiger partial charge in [0.05, 0.1) is 35.9 Å². The zero-order valence-electron chi connectivity index (χ0n) is 17.2. The number of carbonyl (C=O) groups is 1. The molecule has 0 atom stereocenters. The van der Waals surface area contributed by atoms with Crippen LogP contribution < -0.4 is 14.8 Å². The number of hydrogen-bond acceptors (Lipinski definition) is 7. The highest BCUT2D eigenvalue weighted by Gasteiger charge is 2.19. The third kappa shape index (κ3) is 3.91. The molecule has 160 valence electrons. The first-order valence-electron chi connectivity index (χ1n) is 9.53. The number of nitro groups is 1. The summed E-state index contributed by atoms with van der Waals surface area (Å²) < 4.78 is 10.7. The zero-order valence-corrected chi connectivity index (χ0v) is 17.2. The fraction of sp³-hybridized carbons (Fsp3) is 0.0870. The zero-order chi connectivity index (χ0) is 22.7. The fourth-order valence-electron chi connectivity index (χ4n) is 3.33. The number of amides is 1. The van der Waals surface area contributed by atoms with E-state index in [1.807, 2.05) is 12.1 Å². The Morgan fingerprint density at radius 1 is 1.03 bits per heavy atom. The van der Waals surface area contributed by atoms with Gasteiger partial charge in [-0.05, 0) is 36.4 Å². The summed E-state index contributed by atoms with van der Waals surface area (Å²) in [6.45, 7) is 0. The molecule has 32 heavy (non-hydrogen) atoms. The Kier molecular flexibility index (Phi) is 5.63. The highest BCUT2D eigenvalue weighted by molar-refractivity contribution is 6.13. The van der Waals surface area contributed by atoms with Crippen molar-refractivity contribution in [2.75, 3.05) is 19.5 Å². The van der Waals surface area contributed by atoms with Crippen LogP contribution >= 0.6 is 0 Å². The molecule has 9 nitrogen and oxygen atoms in total. The van der Waals surface area contributed by atoms with Crippen molar-refractivity contribution in [3.05, 3.63) is 82.7 Å². The quantitative estimate of drug-likeness (QED) is 0.354. The van der Waals surface area contributed by atoms with Crippen LogP contribution in [0.3, 0.4) is 0 Å². The van der Waals surface area contributed by atoms with E-state index in [4.69, 9.17) is 9.47 Å². The van der Waals surface area contributed by atoms with Crippen LogP contribution in [0.15, 0.2) is 67.0 Å². The maximum Gasteiger partial charge on any atom is 0.310 e. The molecule has 2 aromatic carbocycles. The average Bonchev–Trinajstić information content (AvgIpc) is 2.83. The van der Waals surface area contributed by atoms with Gasteiger partial charge in [-0.15, -0.1) is 0 Å². The topological polar surface area (TPSA) is 116 Å². The molecule has 2 aromatic heterocycles. The van der Waals surface area contributed by atoms with E-state index in [1.165, 1.54) is 19.4 Å². The standard InChI is InChI=1S/C23H18N4O5/c1-31-21-8-7-14(11-22(21)32-2)19-12-16(15-5-3-4-6-17(15)25-19)23(28)26-18-9-10-24-13-20(18)27(29)30/h3-13H,1-2H3,(H,24,26,28). The molecule has 1 N–H and O–H groups in total. The number of hydrogen-bond donors (Lipinski definition) is 1. The summed E-state index contributed by atoms with van der Waals surface area (Å²) in [5.74, 6) is 0.595. The van der Waals surface area contributed by atoms with Gasteiger partial charge in [0.25, 0.3) is 5.91 Å². The van der Waals surface area contributed by atoms with Gasteiger partial charge in [-0.25, -0.2) is 4.98 Å². The Morgan fingerprint density at radius 2 is 1.81 bits per heavy atom. The molecule has 4 aromatic rings. The largest absolute Gasteiger partial charge is 0.493 e. The molecule has 1 amide bonds. The van der Waals surface area contributed by atoms with Gasteiger partial charge in [0.1, 0.15) is 11.9 Å². The van der Waals surface area contributed by atoms with Crippen LogP contribution in [0.25, 0.3) is 22.2 Å². The van der Waals surface area contributed by atoms with Gasteiger partial charge in [-0.1, -0.05) is 18.2 Å². The van der Waals surface area contributed by atoms with Crippen LogP contribution in [0.2, 0.25) is 0 Å². The predicted octanol–water partition coefficient (Wildman–Crippen LogP) is 4.47. The number of pyridine rings is 2. The molecule has 0 saturated carbocycles. The number of nitrogens with zero attached hydrogens (tertiary/aromatic N) is 3. The minimum atomic E-state index is -0.595. The molecule has 0 aliphatic carbocycles. The van der Waals surface area contributed by atoms with Crippen molar-refractivity contribution in [2.24, 2.45) is 0 Å². The monoisotopic (exact) mass is 430 g/mol. The van der Waals surface area contributed by atoms with Crippen LogP contribution in [-0.4, -0.2) is 35.0 Å². The summed E-state index contributed by atoms with van der Waals surface area (Å²) in [5.41, 5.74) is 1.96. The van der Waals surface area contributed by atoms with Gasteiger partial charge in [0.2, 0.25) is 0 Å². The summed E-state index contributed by atoms with van der Waals surface area (Å²) in [4.78, 5) is 32.3. The second-order valence-corrected chi connectivity index (χ2v) is 6.75. The van der Waals surface area contributed by atoms with E-state index < -0.39 is 10.8 Å². The Morgan fingerprint density at radius 3 is 2.56 bits per heavy atom. The second kappa shape index (κ2) is 8.68. The summed E-state index contributed by atoms with van der Waals surface area (Å²) in [6, 6.07) is 15.6. The van der Waals surface area contributed by atoms with E-state index >= 15 is 0 Å². The number of fused-ring (bicyclic) bond motifs is 1. The molecule has 2 heterocycles. The molecule has 0 radical (unpaired) electrons. The molecule has 0 spiro atoms. The van der Waals surface area contributed by atoms with Crippen molar-refractivity contribution in [1.82, 2.24) is 9.97 Å². The molecule has 0 bridgehead atoms. The van der Waals surface area contributed by atoms with E-state index in [-0.39, 0.29) is 11.4 Å². The molecule has 0 aliphatic heterocycles. The summed E-state index contributed by atoms with van der Waals surface area (Å²) >= 11 is 0. The lowest BCUT2D eigenvalue weighted by atomic mass is 10.0. The molecular weight excluding hydrogens is 412 g/mol. The van der Waals surface area contributed by atoms with E-state index in [9.17, 15) is 14.9 Å². The van der Waals surface area contributed by atoms with E-state index in [1.54, 1.807) is 43.5 Å². The number of aromatic nitrogens is 2. The number of benzene rings is 2. The number of ether oxygens (including phenoxy) is 2. The van der Waals surface area contributed by atoms with Gasteiger partial charge >= 0.3 is 5.69 Å². The maximum atomic E-state index is 13.2. The number of carbonyl (C=O) groups excluding carboxylic acids is 1. The number of rotatable bonds is 6. The summed E-state index contributed by atoms with van der Waals surface area (Å²) in [7, 11) is 3.09. The van der Waals surface area contributed by atoms with E-state index in [0.29, 0.717) is 33.7 Å². The van der Waals surface area contributed by atoms with Gasteiger partial charge in [0.15, 0.2) is 11.5 Å². The van der Waals surface area contributed by atoms with Crippen molar-refractivity contribution in [3.8, 4) is 22.8 Å². The van der Waals surface area contributed by atoms with Crippen LogP contribution in [0.1, 0.15) is 10.4 Å². The first-order valence-corrected chi connectivity index (χ1v) is 9.53. The maximum absolute atomic E-state index is 13.2. The lowest BCUT2D eigenvalue weighted by Gasteiger charge is -2.12. The van der Waals surface area contributed by atoms with Crippen LogP contribution in [0, 0.1) is 10.1 Å². The lowest BCUT2D eigenvalue weighted by molar-refractivity contribution is -0.384. The van der Waals surface area contributed by atoms with Crippen molar-refractivity contribution >= 4 is 28.2 Å². The summed E-state index contributed by atoms with van der Waals surface area (Å²) in [5, 5.41) is 14.5. The molecule has 0 fully saturated rings. The second-order valence-electron chi connectivity index (χ2n) is 6.75. The highest BCUT2D eigenvalue weighted by Crippen LogP contribution is 2.33. The van der Waals surface area contributed by atoms with Crippen molar-refractivity contribution in [2.45, 2.75) is 0 Å². The van der Waals surface area contributed by atoms with Gasteiger partial charge in [0, 0.05) is 17.1 Å². The smallest absolute Gasteiger partial charge is 0.310 e. The minimum absolute atomic E-state index is 0.0589. The van der Waals surface area contributed by atoms with Crippen molar-refractivity contribution in [3.63, 3.8) is 0 Å². The number of anilines is 1. The van der Waals surface area contributed by atoms with Crippen LogP contribution in [-0.2, 0) is 0 Å². The third-order valence-electron chi connectivity index (χ3n) is 4.89. The first-order chi connectivity index (χ1) is 15.5.